The van der Waals surface area contributed by atoms with E-state index in [4.69, 9.17) is 19.9 Å². The van der Waals surface area contributed by atoms with Gasteiger partial charge in [-0.3, -0.25) is 14.6 Å². The number of carbonyl (C=O) groups excluding carboxylic acids is 1. The molecule has 2 aliphatic heterocycles. The van der Waals surface area contributed by atoms with Crippen molar-refractivity contribution in [2.24, 2.45) is 5.73 Å². The molecule has 2 aliphatic rings. The summed E-state index contributed by atoms with van der Waals surface area (Å²) in [7, 11) is 0. The average molecular weight is 548 g/mol. The van der Waals surface area contributed by atoms with E-state index in [-0.39, 0.29) is 5.56 Å². The third kappa shape index (κ3) is 8.04. The minimum absolute atomic E-state index is 0.193. The van der Waals surface area contributed by atoms with Gasteiger partial charge in [0.05, 0.1) is 13.2 Å². The second kappa shape index (κ2) is 13.9. The van der Waals surface area contributed by atoms with Crippen LogP contribution in [0.3, 0.4) is 0 Å². The summed E-state index contributed by atoms with van der Waals surface area (Å²) in [5, 5.41) is 6.35. The normalized spacial score (nSPS) is 16.0. The number of nitrogens with two attached hydrogens (primary N) is 1. The Morgan fingerprint density at radius 1 is 0.825 bits per heavy atom. The highest BCUT2D eigenvalue weighted by Crippen LogP contribution is 2.24. The standard InChI is InChI=1S/C29H37N7O4/c30-27(37)26-21-31-29(33-23-5-9-25(10-6-23)39-19-15-35-11-1-2-12-35)34-28(26)32-22-3-7-24(8-4-22)40-20-16-36-13-17-38-18-14-36/h3-10,21H,1-2,11-20H2,(H2,30,37)(H2,31,32,33,34). The minimum atomic E-state index is -0.618. The molecule has 40 heavy (non-hydrogen) atoms. The molecule has 4 N–H and O–H groups in total. The van der Waals surface area contributed by atoms with E-state index in [1.165, 1.54) is 19.0 Å². The fourth-order valence-corrected chi connectivity index (χ4v) is 4.67. The van der Waals surface area contributed by atoms with E-state index >= 15 is 0 Å². The highest BCUT2D eigenvalue weighted by atomic mass is 16.5. The second-order valence-electron chi connectivity index (χ2n) is 9.82. The summed E-state index contributed by atoms with van der Waals surface area (Å²) in [6.07, 6.45) is 3.97. The van der Waals surface area contributed by atoms with Gasteiger partial charge in [0.1, 0.15) is 36.1 Å². The number of nitrogens with zero attached hydrogens (tertiary/aromatic N) is 4. The number of carbonyl (C=O) groups is 1. The molecule has 2 aromatic carbocycles. The molecule has 3 aromatic rings. The molecule has 2 fully saturated rings. The molecule has 11 nitrogen and oxygen atoms in total. The Morgan fingerprint density at radius 3 is 1.95 bits per heavy atom. The number of amides is 1. The summed E-state index contributed by atoms with van der Waals surface area (Å²) in [5.41, 5.74) is 7.31. The van der Waals surface area contributed by atoms with Gasteiger partial charge in [0.25, 0.3) is 5.91 Å². The van der Waals surface area contributed by atoms with E-state index in [0.29, 0.717) is 25.0 Å². The highest BCUT2D eigenvalue weighted by molar-refractivity contribution is 5.98. The Labute approximate surface area is 234 Å². The molecule has 11 heteroatoms. The van der Waals surface area contributed by atoms with Crippen LogP contribution in [0.4, 0.5) is 23.1 Å². The molecule has 0 unspecified atom stereocenters. The van der Waals surface area contributed by atoms with Crippen LogP contribution in [0.1, 0.15) is 23.2 Å². The molecule has 0 radical (unpaired) electrons. The first-order valence-corrected chi connectivity index (χ1v) is 13.8. The lowest BCUT2D eigenvalue weighted by Gasteiger charge is -2.26. The van der Waals surface area contributed by atoms with E-state index in [1.807, 2.05) is 48.5 Å². The van der Waals surface area contributed by atoms with Crippen LogP contribution in [-0.4, -0.2) is 91.4 Å². The van der Waals surface area contributed by atoms with E-state index in [9.17, 15) is 4.79 Å². The Morgan fingerprint density at radius 2 is 1.38 bits per heavy atom. The summed E-state index contributed by atoms with van der Waals surface area (Å²) in [5.74, 6) is 1.60. The molecule has 5 rings (SSSR count). The zero-order valence-corrected chi connectivity index (χ0v) is 22.7. The summed E-state index contributed by atoms with van der Waals surface area (Å²) in [6.45, 7) is 8.80. The smallest absolute Gasteiger partial charge is 0.254 e. The number of primary amides is 1. The van der Waals surface area contributed by atoms with Crippen LogP contribution < -0.4 is 25.8 Å². The molecule has 0 aliphatic carbocycles. The quantitative estimate of drug-likeness (QED) is 0.293. The molecule has 0 saturated carbocycles. The van der Waals surface area contributed by atoms with Crippen LogP contribution in [0.15, 0.2) is 54.7 Å². The first-order chi connectivity index (χ1) is 19.6. The summed E-state index contributed by atoms with van der Waals surface area (Å²) in [6, 6.07) is 15.1. The van der Waals surface area contributed by atoms with Crippen molar-refractivity contribution >= 4 is 29.0 Å². The van der Waals surface area contributed by atoms with Gasteiger partial charge in [-0.25, -0.2) is 4.98 Å². The number of morpholine rings is 1. The highest BCUT2D eigenvalue weighted by Gasteiger charge is 2.14. The van der Waals surface area contributed by atoms with Crippen LogP contribution in [0.5, 0.6) is 11.5 Å². The van der Waals surface area contributed by atoms with Gasteiger partial charge in [-0.15, -0.1) is 0 Å². The second-order valence-corrected chi connectivity index (χ2v) is 9.82. The SMILES string of the molecule is NC(=O)c1cnc(Nc2ccc(OCCN3CCCC3)cc2)nc1Nc1ccc(OCCN2CCOCC2)cc1. The number of hydrogen-bond donors (Lipinski definition) is 3. The number of hydrogen-bond acceptors (Lipinski definition) is 10. The van der Waals surface area contributed by atoms with E-state index in [0.717, 1.165) is 75.4 Å². The van der Waals surface area contributed by atoms with Crippen molar-refractivity contribution in [2.45, 2.75) is 12.8 Å². The lowest BCUT2D eigenvalue weighted by molar-refractivity contribution is 0.0322. The summed E-state index contributed by atoms with van der Waals surface area (Å²) < 4.78 is 17.1. The zero-order chi connectivity index (χ0) is 27.6. The third-order valence-corrected chi connectivity index (χ3v) is 6.94. The van der Waals surface area contributed by atoms with Crippen LogP contribution >= 0.6 is 0 Å². The van der Waals surface area contributed by atoms with Crippen LogP contribution in [0.25, 0.3) is 0 Å². The Kier molecular flexibility index (Phi) is 9.62. The maximum atomic E-state index is 12.0. The number of anilines is 4. The number of likely N-dealkylation sites (tertiary alicyclic amines) is 1. The van der Waals surface area contributed by atoms with Gasteiger partial charge in [-0.2, -0.15) is 4.98 Å². The molecule has 0 atom stereocenters. The first-order valence-electron chi connectivity index (χ1n) is 13.8. The van der Waals surface area contributed by atoms with Gasteiger partial charge in [0.2, 0.25) is 5.95 Å². The maximum Gasteiger partial charge on any atom is 0.254 e. The number of benzene rings is 2. The van der Waals surface area contributed by atoms with Crippen molar-refractivity contribution in [3.8, 4) is 11.5 Å². The predicted octanol–water partition coefficient (Wildman–Crippen LogP) is 3.25. The number of ether oxygens (including phenoxy) is 3. The lowest BCUT2D eigenvalue weighted by Crippen LogP contribution is -2.38. The van der Waals surface area contributed by atoms with Crippen LogP contribution in [0, 0.1) is 0 Å². The van der Waals surface area contributed by atoms with Gasteiger partial charge < -0.3 is 30.6 Å². The fraction of sp³-hybridized carbons (Fsp3) is 0.414. The van der Waals surface area contributed by atoms with Crippen LogP contribution in [0.2, 0.25) is 0 Å². The largest absolute Gasteiger partial charge is 0.492 e. The van der Waals surface area contributed by atoms with E-state index in [2.05, 4.69) is 30.4 Å². The molecule has 2 saturated heterocycles. The van der Waals surface area contributed by atoms with E-state index in [1.54, 1.807) is 0 Å². The van der Waals surface area contributed by atoms with Gasteiger partial charge >= 0.3 is 0 Å². The Balaban J connectivity index is 1.15. The van der Waals surface area contributed by atoms with Gasteiger partial charge in [-0.05, 0) is 74.5 Å². The Hall–Kier alpha value is -3.93. The molecular weight excluding hydrogens is 510 g/mol. The monoisotopic (exact) mass is 547 g/mol. The molecule has 1 amide bonds. The van der Waals surface area contributed by atoms with Gasteiger partial charge in [0, 0.05) is 43.8 Å². The van der Waals surface area contributed by atoms with Gasteiger partial charge in [0.15, 0.2) is 0 Å². The Bertz CT molecular complexity index is 1230. The molecule has 0 spiro atoms. The van der Waals surface area contributed by atoms with Crippen molar-refractivity contribution in [3.63, 3.8) is 0 Å². The summed E-state index contributed by atoms with van der Waals surface area (Å²) in [4.78, 5) is 25.5. The summed E-state index contributed by atoms with van der Waals surface area (Å²) >= 11 is 0. The molecule has 1 aromatic heterocycles. The minimum Gasteiger partial charge on any atom is -0.492 e. The van der Waals surface area contributed by atoms with Crippen LogP contribution in [-0.2, 0) is 4.74 Å². The molecule has 212 valence electrons. The van der Waals surface area contributed by atoms with Gasteiger partial charge in [-0.1, -0.05) is 0 Å². The molecule has 0 bridgehead atoms. The lowest BCUT2D eigenvalue weighted by atomic mass is 10.2. The van der Waals surface area contributed by atoms with Crippen molar-refractivity contribution < 1.29 is 19.0 Å². The van der Waals surface area contributed by atoms with Crippen molar-refractivity contribution in [1.82, 2.24) is 19.8 Å². The van der Waals surface area contributed by atoms with Crippen molar-refractivity contribution in [1.29, 1.82) is 0 Å². The maximum absolute atomic E-state index is 12.0. The molecular formula is C29H37N7O4. The zero-order valence-electron chi connectivity index (χ0n) is 22.7. The number of rotatable bonds is 13. The fourth-order valence-electron chi connectivity index (χ4n) is 4.67. The molecule has 3 heterocycles. The van der Waals surface area contributed by atoms with Crippen molar-refractivity contribution in [2.75, 3.05) is 76.3 Å². The predicted molar refractivity (Wildman–Crippen MR) is 154 cm³/mol. The topological polar surface area (TPSA) is 127 Å². The first kappa shape index (κ1) is 27.6. The number of aromatic nitrogens is 2. The third-order valence-electron chi connectivity index (χ3n) is 6.94. The average Bonchev–Trinajstić information content (AvgIpc) is 3.49. The van der Waals surface area contributed by atoms with E-state index < -0.39 is 5.91 Å². The number of nitrogens with one attached hydrogen (secondary N) is 2. The van der Waals surface area contributed by atoms with Crippen molar-refractivity contribution in [3.05, 3.63) is 60.3 Å².